The molecule has 140 valence electrons. The van der Waals surface area contributed by atoms with Gasteiger partial charge in [0.2, 0.25) is 5.95 Å². The largest absolute Gasteiger partial charge is 0.493 e. The van der Waals surface area contributed by atoms with E-state index in [1.165, 1.54) is 0 Å². The second-order valence-corrected chi connectivity index (χ2v) is 7.33. The fourth-order valence-corrected chi connectivity index (χ4v) is 3.83. The van der Waals surface area contributed by atoms with Gasteiger partial charge in [-0.2, -0.15) is 0 Å². The molecule has 5 rings (SSSR count). The topological polar surface area (TPSA) is 107 Å². The van der Waals surface area contributed by atoms with Gasteiger partial charge in [0.1, 0.15) is 18.1 Å². The Bertz CT molecular complexity index is 978. The van der Waals surface area contributed by atoms with Crippen molar-refractivity contribution in [1.82, 2.24) is 9.97 Å². The average Bonchev–Trinajstić information content (AvgIpc) is 2.64. The van der Waals surface area contributed by atoms with Crippen LogP contribution in [0.2, 0.25) is 10.0 Å². The minimum absolute atomic E-state index is 0.00163. The van der Waals surface area contributed by atoms with Gasteiger partial charge in [0.25, 0.3) is 5.91 Å². The van der Waals surface area contributed by atoms with Gasteiger partial charge in [-0.05, 0) is 19.4 Å². The van der Waals surface area contributed by atoms with Crippen molar-refractivity contribution in [2.45, 2.75) is 25.4 Å². The van der Waals surface area contributed by atoms with Crippen LogP contribution in [0.3, 0.4) is 0 Å². The molecule has 2 bridgehead atoms. The fourth-order valence-electron chi connectivity index (χ4n) is 3.44. The van der Waals surface area contributed by atoms with Crippen LogP contribution in [-0.4, -0.2) is 34.6 Å². The van der Waals surface area contributed by atoms with E-state index in [0.29, 0.717) is 45.2 Å². The third-order valence-electron chi connectivity index (χ3n) is 4.76. The number of rotatable bonds is 3. The molecule has 2 atom stereocenters. The van der Waals surface area contributed by atoms with Crippen molar-refractivity contribution in [2.75, 3.05) is 11.5 Å². The zero-order valence-electron chi connectivity index (χ0n) is 14.4. The van der Waals surface area contributed by atoms with Gasteiger partial charge in [-0.1, -0.05) is 35.3 Å². The first kappa shape index (κ1) is 18.0. The zero-order chi connectivity index (χ0) is 19.3. The maximum absolute atomic E-state index is 12.2. The number of primary amides is 1. The van der Waals surface area contributed by atoms with E-state index in [4.69, 9.17) is 39.4 Å². The summed E-state index contributed by atoms with van der Waals surface area (Å²) in [6.07, 6.45) is 2.51. The molecule has 2 unspecified atom stereocenters. The lowest BCUT2D eigenvalue weighted by atomic mass is 9.98. The van der Waals surface area contributed by atoms with Crippen molar-refractivity contribution in [3.63, 3.8) is 0 Å². The highest BCUT2D eigenvalue weighted by atomic mass is 35.5. The first-order valence-corrected chi connectivity index (χ1v) is 9.13. The smallest absolute Gasteiger partial charge is 0.268 e. The Morgan fingerprint density at radius 2 is 2.11 bits per heavy atom. The number of nitrogens with two attached hydrogens (primary N) is 2. The third-order valence-corrected chi connectivity index (χ3v) is 5.58. The molecule has 1 aromatic carbocycles. The molecular formula is C18H17Cl2N5O2. The molecule has 1 fully saturated rings. The number of carbonyl (C=O) groups excluding carboxylic acids is 1. The molecule has 27 heavy (non-hydrogen) atoms. The van der Waals surface area contributed by atoms with Crippen LogP contribution in [-0.2, 0) is 4.74 Å². The number of halogens is 2. The predicted molar refractivity (Wildman–Crippen MR) is 104 cm³/mol. The summed E-state index contributed by atoms with van der Waals surface area (Å²) in [6, 6.07) is 5.03. The quantitative estimate of drug-likeness (QED) is 0.812. The van der Waals surface area contributed by atoms with Gasteiger partial charge in [0.05, 0.1) is 27.8 Å². The van der Waals surface area contributed by atoms with Crippen molar-refractivity contribution in [2.24, 2.45) is 11.5 Å². The summed E-state index contributed by atoms with van der Waals surface area (Å²) < 4.78 is 5.59. The van der Waals surface area contributed by atoms with E-state index in [0.717, 1.165) is 6.42 Å². The van der Waals surface area contributed by atoms with Crippen LogP contribution < -0.4 is 16.4 Å². The van der Waals surface area contributed by atoms with Crippen LogP contribution in [0.25, 0.3) is 11.1 Å². The normalized spacial score (nSPS) is 21.0. The Labute approximate surface area is 165 Å². The van der Waals surface area contributed by atoms with Crippen LogP contribution in [0.5, 0.6) is 0 Å². The van der Waals surface area contributed by atoms with Crippen LogP contribution in [0.4, 0.5) is 5.95 Å². The van der Waals surface area contributed by atoms with Gasteiger partial charge < -0.3 is 21.1 Å². The maximum atomic E-state index is 12.2. The van der Waals surface area contributed by atoms with Crippen LogP contribution >= 0.6 is 23.2 Å². The Morgan fingerprint density at radius 3 is 2.74 bits per heavy atom. The van der Waals surface area contributed by atoms with E-state index in [2.05, 4.69) is 9.97 Å². The van der Waals surface area contributed by atoms with E-state index in [1.807, 2.05) is 4.90 Å². The summed E-state index contributed by atoms with van der Waals surface area (Å²) in [5.74, 6) is 0.387. The minimum atomic E-state index is -0.671. The van der Waals surface area contributed by atoms with Crippen molar-refractivity contribution in [1.29, 1.82) is 0 Å². The van der Waals surface area contributed by atoms with Gasteiger partial charge in [-0.3, -0.25) is 4.79 Å². The van der Waals surface area contributed by atoms with Crippen molar-refractivity contribution in [3.8, 4) is 11.1 Å². The van der Waals surface area contributed by atoms with E-state index >= 15 is 0 Å². The molecule has 1 aromatic heterocycles. The highest BCUT2D eigenvalue weighted by Crippen LogP contribution is 2.37. The van der Waals surface area contributed by atoms with Gasteiger partial charge >= 0.3 is 0 Å². The number of aryl methyl sites for hydroxylation is 1. The summed E-state index contributed by atoms with van der Waals surface area (Å²) in [5.41, 5.74) is 13.4. The molecule has 1 amide bonds. The number of benzene rings is 1. The van der Waals surface area contributed by atoms with Crippen molar-refractivity contribution in [3.05, 3.63) is 51.6 Å². The monoisotopic (exact) mass is 405 g/mol. The Hall–Kier alpha value is -2.35. The Balaban J connectivity index is 1.87. The second kappa shape index (κ2) is 6.67. The number of amides is 1. The predicted octanol–water partition coefficient (Wildman–Crippen LogP) is 2.64. The molecule has 9 heteroatoms. The summed E-state index contributed by atoms with van der Waals surface area (Å²) in [5, 5.41) is 0.692. The standard InChI is InChI=1S/C18H17Cl2N5O2/c1-8-14(10-3-2-4-11(19)15(10)20)16(17(22)26)24-18(23-8)25-6-13-12(21)5-9(25)7-27-13/h2-4,6,9,12H,5,7,21H2,1H3,(H2,22,26). The van der Waals surface area contributed by atoms with Crippen molar-refractivity contribution < 1.29 is 9.53 Å². The molecule has 0 aliphatic carbocycles. The molecule has 7 nitrogen and oxygen atoms in total. The molecular weight excluding hydrogens is 389 g/mol. The first-order valence-electron chi connectivity index (χ1n) is 8.38. The summed E-state index contributed by atoms with van der Waals surface area (Å²) in [7, 11) is 0. The third kappa shape index (κ3) is 3.01. The SMILES string of the molecule is Cc1nc(N2C=C3OCC2CC3N)nc(C(N)=O)c1-c1cccc(Cl)c1Cl. The molecule has 0 radical (unpaired) electrons. The van der Waals surface area contributed by atoms with Crippen LogP contribution in [0.15, 0.2) is 30.2 Å². The number of anilines is 1. The van der Waals surface area contributed by atoms with Gasteiger partial charge in [0, 0.05) is 17.3 Å². The number of hydrogen-bond donors (Lipinski definition) is 2. The van der Waals surface area contributed by atoms with Crippen LogP contribution in [0, 0.1) is 6.92 Å². The first-order chi connectivity index (χ1) is 12.9. The number of fused-ring (bicyclic) bond motifs is 3. The molecule has 1 saturated heterocycles. The summed E-state index contributed by atoms with van der Waals surface area (Å²) >= 11 is 12.5. The van der Waals surface area contributed by atoms with E-state index in [-0.39, 0.29) is 17.8 Å². The van der Waals surface area contributed by atoms with E-state index in [1.54, 1.807) is 31.3 Å². The number of hydrogen-bond acceptors (Lipinski definition) is 6. The Kier molecular flexibility index (Phi) is 4.46. The summed E-state index contributed by atoms with van der Waals surface area (Å²) in [4.78, 5) is 23.1. The molecule has 4 N–H and O–H groups in total. The number of carbonyl (C=O) groups is 1. The molecule has 0 spiro atoms. The van der Waals surface area contributed by atoms with Gasteiger partial charge in [0.15, 0.2) is 0 Å². The molecule has 4 heterocycles. The van der Waals surface area contributed by atoms with E-state index < -0.39 is 5.91 Å². The molecule has 3 aliphatic heterocycles. The van der Waals surface area contributed by atoms with Crippen LogP contribution in [0.1, 0.15) is 22.6 Å². The molecule has 3 aliphatic rings. The summed E-state index contributed by atoms with van der Waals surface area (Å²) in [6.45, 7) is 2.28. The van der Waals surface area contributed by atoms with Gasteiger partial charge in [-0.15, -0.1) is 0 Å². The van der Waals surface area contributed by atoms with E-state index in [9.17, 15) is 4.79 Å². The number of aromatic nitrogens is 2. The lowest BCUT2D eigenvalue weighted by molar-refractivity contribution is 0.0995. The Morgan fingerprint density at radius 1 is 1.33 bits per heavy atom. The lowest BCUT2D eigenvalue weighted by Crippen LogP contribution is -2.51. The number of nitrogens with zero attached hydrogens (tertiary/aromatic N) is 3. The second-order valence-electron chi connectivity index (χ2n) is 6.54. The zero-order valence-corrected chi connectivity index (χ0v) is 16.0. The average molecular weight is 406 g/mol. The van der Waals surface area contributed by atoms with Gasteiger partial charge in [-0.25, -0.2) is 9.97 Å². The molecule has 2 aromatic rings. The highest BCUT2D eigenvalue weighted by molar-refractivity contribution is 6.43. The number of ether oxygens (including phenoxy) is 1. The highest BCUT2D eigenvalue weighted by Gasteiger charge is 2.36. The van der Waals surface area contributed by atoms with Crippen molar-refractivity contribution >= 4 is 35.1 Å². The minimum Gasteiger partial charge on any atom is -0.493 e. The maximum Gasteiger partial charge on any atom is 0.268 e. The molecule has 0 saturated carbocycles. The fraction of sp³-hybridized carbons (Fsp3) is 0.278. The lowest BCUT2D eigenvalue weighted by Gasteiger charge is -2.41.